The molecule has 1 aromatic rings. The molecule has 0 heterocycles. The molecule has 1 amide bonds. The third-order valence-corrected chi connectivity index (χ3v) is 2.88. The molecule has 23 heavy (non-hydrogen) atoms. The molecule has 0 aromatic heterocycles. The number of carbonyl (C=O) groups excluding carboxylic acids is 1. The molecule has 130 valence electrons. The summed E-state index contributed by atoms with van der Waals surface area (Å²) < 4.78 is 10.7. The van der Waals surface area contributed by atoms with Crippen molar-refractivity contribution in [2.45, 2.75) is 39.0 Å². The third-order valence-electron chi connectivity index (χ3n) is 2.88. The highest BCUT2D eigenvalue weighted by atomic mass is 16.6. The van der Waals surface area contributed by atoms with Crippen molar-refractivity contribution < 1.29 is 19.4 Å². The lowest BCUT2D eigenvalue weighted by Crippen LogP contribution is -2.42. The van der Waals surface area contributed by atoms with Gasteiger partial charge in [-0.1, -0.05) is 30.3 Å². The second-order valence-electron chi connectivity index (χ2n) is 6.26. The van der Waals surface area contributed by atoms with E-state index in [1.165, 1.54) is 0 Å². The number of carbonyl (C=O) groups is 1. The van der Waals surface area contributed by atoms with E-state index in [0.29, 0.717) is 26.3 Å². The van der Waals surface area contributed by atoms with Gasteiger partial charge in [0.05, 0.1) is 25.9 Å². The van der Waals surface area contributed by atoms with Crippen molar-refractivity contribution in [3.05, 3.63) is 35.9 Å². The topological polar surface area (TPSA) is 79.8 Å². The first-order valence-corrected chi connectivity index (χ1v) is 7.83. The first kappa shape index (κ1) is 19.4. The van der Waals surface area contributed by atoms with E-state index in [0.717, 1.165) is 5.56 Å². The van der Waals surface area contributed by atoms with Gasteiger partial charge < -0.3 is 25.2 Å². The monoisotopic (exact) mass is 324 g/mol. The Morgan fingerprint density at radius 3 is 2.52 bits per heavy atom. The third kappa shape index (κ3) is 9.89. The van der Waals surface area contributed by atoms with E-state index < -0.39 is 11.7 Å². The summed E-state index contributed by atoms with van der Waals surface area (Å²) in [7, 11) is 0. The van der Waals surface area contributed by atoms with Crippen LogP contribution in [0.4, 0.5) is 4.79 Å². The fourth-order valence-electron chi connectivity index (χ4n) is 1.82. The molecule has 0 aliphatic rings. The molecular weight excluding hydrogens is 296 g/mol. The first-order chi connectivity index (χ1) is 10.9. The van der Waals surface area contributed by atoms with Crippen LogP contribution in [0.3, 0.4) is 0 Å². The number of aliphatic hydroxyl groups is 1. The lowest BCUT2D eigenvalue weighted by Gasteiger charge is -2.20. The molecule has 1 rings (SSSR count). The summed E-state index contributed by atoms with van der Waals surface area (Å²) in [5.41, 5.74) is 0.590. The summed E-state index contributed by atoms with van der Waals surface area (Å²) in [4.78, 5) is 11.5. The fourth-order valence-corrected chi connectivity index (χ4v) is 1.82. The average Bonchev–Trinajstić information content (AvgIpc) is 2.49. The lowest BCUT2D eigenvalue weighted by molar-refractivity contribution is 0.0524. The number of rotatable bonds is 9. The summed E-state index contributed by atoms with van der Waals surface area (Å²) >= 11 is 0. The molecule has 6 heteroatoms. The molecule has 1 atom stereocenters. The van der Waals surface area contributed by atoms with Crippen LogP contribution in [0.1, 0.15) is 26.3 Å². The van der Waals surface area contributed by atoms with Gasteiger partial charge in [0.2, 0.25) is 0 Å². The molecule has 3 N–H and O–H groups in total. The molecule has 0 aliphatic carbocycles. The van der Waals surface area contributed by atoms with Crippen molar-refractivity contribution in [2.75, 3.05) is 26.3 Å². The highest BCUT2D eigenvalue weighted by molar-refractivity contribution is 5.67. The van der Waals surface area contributed by atoms with E-state index in [9.17, 15) is 9.90 Å². The van der Waals surface area contributed by atoms with Crippen LogP contribution in [-0.4, -0.2) is 49.1 Å². The van der Waals surface area contributed by atoms with Gasteiger partial charge in [-0.3, -0.25) is 0 Å². The van der Waals surface area contributed by atoms with E-state index in [1.807, 2.05) is 51.1 Å². The zero-order valence-electron chi connectivity index (χ0n) is 14.2. The number of nitrogens with one attached hydrogen (secondary N) is 2. The number of hydrogen-bond donors (Lipinski definition) is 3. The van der Waals surface area contributed by atoms with Gasteiger partial charge in [0, 0.05) is 13.1 Å². The highest BCUT2D eigenvalue weighted by Gasteiger charge is 2.15. The Balaban J connectivity index is 2.13. The molecule has 0 spiro atoms. The van der Waals surface area contributed by atoms with Gasteiger partial charge in [0.25, 0.3) is 0 Å². The van der Waals surface area contributed by atoms with E-state index in [2.05, 4.69) is 10.6 Å². The minimum absolute atomic E-state index is 0.0266. The first-order valence-electron chi connectivity index (χ1n) is 7.83. The molecule has 0 aliphatic heterocycles. The number of amides is 1. The van der Waals surface area contributed by atoms with E-state index in [4.69, 9.17) is 9.47 Å². The van der Waals surface area contributed by atoms with Gasteiger partial charge in [-0.15, -0.1) is 0 Å². The quantitative estimate of drug-likeness (QED) is 0.602. The summed E-state index contributed by atoms with van der Waals surface area (Å²) in [5, 5.41) is 15.1. The zero-order valence-corrected chi connectivity index (χ0v) is 14.2. The maximum absolute atomic E-state index is 11.5. The maximum Gasteiger partial charge on any atom is 0.407 e. The zero-order chi connectivity index (χ0) is 17.1. The normalized spacial score (nSPS) is 12.7. The number of hydrogen-bond acceptors (Lipinski definition) is 5. The molecule has 0 radical (unpaired) electrons. The van der Waals surface area contributed by atoms with Gasteiger partial charge >= 0.3 is 6.09 Å². The molecular formula is C17H28N2O4. The molecule has 0 bridgehead atoms. The number of alkyl carbamates (subject to hydrolysis) is 1. The van der Waals surface area contributed by atoms with E-state index in [-0.39, 0.29) is 12.6 Å². The molecule has 0 saturated heterocycles. The standard InChI is InChI=1S/C17H28N2O4/c1-17(2,3)23-16(21)19-10-9-18-15(11-20)13-22-12-14-7-5-4-6-8-14/h4-8,15,18,20H,9-13H2,1-3H3,(H,19,21)/t15-/m1/s1. The summed E-state index contributed by atoms with van der Waals surface area (Å²) in [6, 6.07) is 9.70. The molecule has 0 fully saturated rings. The largest absolute Gasteiger partial charge is 0.444 e. The Morgan fingerprint density at radius 1 is 1.22 bits per heavy atom. The molecule has 0 saturated carbocycles. The van der Waals surface area contributed by atoms with Crippen molar-refractivity contribution in [1.29, 1.82) is 0 Å². The minimum atomic E-state index is -0.504. The van der Waals surface area contributed by atoms with Crippen LogP contribution in [0.15, 0.2) is 30.3 Å². The Labute approximate surface area is 138 Å². The number of benzene rings is 1. The second kappa shape index (κ2) is 10.2. The lowest BCUT2D eigenvalue weighted by atomic mass is 10.2. The second-order valence-corrected chi connectivity index (χ2v) is 6.26. The van der Waals surface area contributed by atoms with Crippen LogP contribution >= 0.6 is 0 Å². The molecule has 6 nitrogen and oxygen atoms in total. The van der Waals surface area contributed by atoms with Crippen molar-refractivity contribution in [1.82, 2.24) is 10.6 Å². The number of aliphatic hydroxyl groups excluding tert-OH is 1. The Kier molecular flexibility index (Phi) is 8.61. The summed E-state index contributed by atoms with van der Waals surface area (Å²) in [6.45, 7) is 7.28. The number of ether oxygens (including phenoxy) is 2. The van der Waals surface area contributed by atoms with Crippen LogP contribution in [0.5, 0.6) is 0 Å². The predicted molar refractivity (Wildman–Crippen MR) is 89.2 cm³/mol. The van der Waals surface area contributed by atoms with E-state index in [1.54, 1.807) is 0 Å². The summed E-state index contributed by atoms with van der Waals surface area (Å²) in [5.74, 6) is 0. The van der Waals surface area contributed by atoms with Crippen LogP contribution < -0.4 is 10.6 Å². The SMILES string of the molecule is CC(C)(C)OC(=O)NCCN[C@H](CO)COCc1ccccc1. The Bertz CT molecular complexity index is 446. The van der Waals surface area contributed by atoms with Crippen LogP contribution in [0, 0.1) is 0 Å². The van der Waals surface area contributed by atoms with Crippen LogP contribution in [0.25, 0.3) is 0 Å². The van der Waals surface area contributed by atoms with E-state index >= 15 is 0 Å². The summed E-state index contributed by atoms with van der Waals surface area (Å²) in [6.07, 6.45) is -0.444. The van der Waals surface area contributed by atoms with Gasteiger partial charge in [-0.05, 0) is 26.3 Å². The van der Waals surface area contributed by atoms with Gasteiger partial charge in [-0.2, -0.15) is 0 Å². The van der Waals surface area contributed by atoms with Crippen LogP contribution in [0.2, 0.25) is 0 Å². The van der Waals surface area contributed by atoms with Gasteiger partial charge in [0.1, 0.15) is 5.60 Å². The van der Waals surface area contributed by atoms with Gasteiger partial charge in [0.15, 0.2) is 0 Å². The average molecular weight is 324 g/mol. The fraction of sp³-hybridized carbons (Fsp3) is 0.588. The van der Waals surface area contributed by atoms with Crippen molar-refractivity contribution in [3.63, 3.8) is 0 Å². The van der Waals surface area contributed by atoms with Crippen LogP contribution in [-0.2, 0) is 16.1 Å². The van der Waals surface area contributed by atoms with Crippen molar-refractivity contribution >= 4 is 6.09 Å². The Morgan fingerprint density at radius 2 is 1.91 bits per heavy atom. The molecule has 1 aromatic carbocycles. The van der Waals surface area contributed by atoms with Gasteiger partial charge in [-0.25, -0.2) is 4.79 Å². The van der Waals surface area contributed by atoms with Crippen molar-refractivity contribution in [2.24, 2.45) is 0 Å². The smallest absolute Gasteiger partial charge is 0.407 e. The molecule has 0 unspecified atom stereocenters. The highest BCUT2D eigenvalue weighted by Crippen LogP contribution is 2.06. The van der Waals surface area contributed by atoms with Crippen molar-refractivity contribution in [3.8, 4) is 0 Å². The minimum Gasteiger partial charge on any atom is -0.444 e. The maximum atomic E-state index is 11.5. The predicted octanol–water partition coefficient (Wildman–Crippen LogP) is 1.68. The Hall–Kier alpha value is -1.63.